The van der Waals surface area contributed by atoms with Crippen molar-refractivity contribution in [1.29, 1.82) is 0 Å². The van der Waals surface area contributed by atoms with E-state index in [0.29, 0.717) is 29.1 Å². The van der Waals surface area contributed by atoms with Gasteiger partial charge in [0.1, 0.15) is 16.9 Å². The van der Waals surface area contributed by atoms with Gasteiger partial charge in [0.25, 0.3) is 0 Å². The van der Waals surface area contributed by atoms with Crippen LogP contribution in [0.5, 0.6) is 0 Å². The molecule has 0 saturated carbocycles. The molecule has 0 fully saturated rings. The van der Waals surface area contributed by atoms with E-state index in [2.05, 4.69) is 25.1 Å². The van der Waals surface area contributed by atoms with Crippen LogP contribution in [-0.4, -0.2) is 25.1 Å². The molecule has 0 saturated heterocycles. The largest absolute Gasteiger partial charge is 0.382 e. The highest BCUT2D eigenvalue weighted by atomic mass is 15.1. The summed E-state index contributed by atoms with van der Waals surface area (Å²) in [5, 5.41) is 6.68. The van der Waals surface area contributed by atoms with Gasteiger partial charge in [0.05, 0.1) is 11.9 Å². The SMILES string of the molecule is CCc1nc2c(N)ncc(-c3cn[nH]c3)c2nc1N. The molecule has 5 N–H and O–H groups in total. The zero-order chi connectivity index (χ0) is 13.4. The fourth-order valence-corrected chi connectivity index (χ4v) is 1.98. The molecule has 0 spiro atoms. The van der Waals surface area contributed by atoms with Crippen LogP contribution >= 0.6 is 0 Å². The highest BCUT2D eigenvalue weighted by Gasteiger charge is 2.13. The molecule has 0 amide bonds. The lowest BCUT2D eigenvalue weighted by atomic mass is 10.1. The lowest BCUT2D eigenvalue weighted by Gasteiger charge is -2.08. The Hall–Kier alpha value is -2.70. The summed E-state index contributed by atoms with van der Waals surface area (Å²) in [4.78, 5) is 13.0. The molecular formula is C12H13N7. The highest BCUT2D eigenvalue weighted by molar-refractivity contribution is 5.96. The van der Waals surface area contributed by atoms with Crippen molar-refractivity contribution in [2.45, 2.75) is 13.3 Å². The number of aromatic amines is 1. The van der Waals surface area contributed by atoms with Crippen molar-refractivity contribution in [3.05, 3.63) is 24.3 Å². The summed E-state index contributed by atoms with van der Waals surface area (Å²) >= 11 is 0. The number of aryl methyl sites for hydroxylation is 1. The highest BCUT2D eigenvalue weighted by Crippen LogP contribution is 2.28. The van der Waals surface area contributed by atoms with Gasteiger partial charge in [0.2, 0.25) is 0 Å². The number of aromatic nitrogens is 5. The summed E-state index contributed by atoms with van der Waals surface area (Å²) in [6.07, 6.45) is 5.81. The lowest BCUT2D eigenvalue weighted by Crippen LogP contribution is -2.04. The van der Waals surface area contributed by atoms with Gasteiger partial charge in [0.15, 0.2) is 5.82 Å². The summed E-state index contributed by atoms with van der Waals surface area (Å²) in [7, 11) is 0. The van der Waals surface area contributed by atoms with E-state index in [1.807, 2.05) is 6.92 Å². The van der Waals surface area contributed by atoms with Gasteiger partial charge in [0, 0.05) is 23.5 Å². The van der Waals surface area contributed by atoms with E-state index in [-0.39, 0.29) is 0 Å². The van der Waals surface area contributed by atoms with E-state index in [1.54, 1.807) is 18.6 Å². The minimum atomic E-state index is 0.351. The van der Waals surface area contributed by atoms with Crippen molar-refractivity contribution in [1.82, 2.24) is 25.1 Å². The lowest BCUT2D eigenvalue weighted by molar-refractivity contribution is 1.04. The molecule has 0 unspecified atom stereocenters. The Labute approximate surface area is 109 Å². The fourth-order valence-electron chi connectivity index (χ4n) is 1.98. The molecule has 3 heterocycles. The fraction of sp³-hybridized carbons (Fsp3) is 0.167. The maximum atomic E-state index is 5.91. The number of pyridine rings is 1. The minimum Gasteiger partial charge on any atom is -0.382 e. The van der Waals surface area contributed by atoms with Crippen LogP contribution in [0.25, 0.3) is 22.2 Å². The second kappa shape index (κ2) is 4.20. The van der Waals surface area contributed by atoms with Crippen molar-refractivity contribution < 1.29 is 0 Å². The van der Waals surface area contributed by atoms with Gasteiger partial charge in [-0.1, -0.05) is 6.92 Å². The van der Waals surface area contributed by atoms with E-state index in [1.165, 1.54) is 0 Å². The number of nitrogens with one attached hydrogen (secondary N) is 1. The smallest absolute Gasteiger partial charge is 0.151 e. The van der Waals surface area contributed by atoms with E-state index < -0.39 is 0 Å². The minimum absolute atomic E-state index is 0.351. The van der Waals surface area contributed by atoms with Crippen molar-refractivity contribution in [3.8, 4) is 11.1 Å². The maximum absolute atomic E-state index is 5.91. The Morgan fingerprint density at radius 2 is 1.95 bits per heavy atom. The van der Waals surface area contributed by atoms with Gasteiger partial charge in [-0.25, -0.2) is 15.0 Å². The number of nitrogens with zero attached hydrogens (tertiary/aromatic N) is 4. The average molecular weight is 255 g/mol. The first-order valence-corrected chi connectivity index (χ1v) is 5.90. The average Bonchev–Trinajstić information content (AvgIpc) is 2.92. The molecule has 3 aromatic rings. The molecule has 0 aliphatic carbocycles. The Bertz CT molecular complexity index is 733. The molecule has 0 radical (unpaired) electrons. The van der Waals surface area contributed by atoms with Crippen LogP contribution in [0.4, 0.5) is 11.6 Å². The van der Waals surface area contributed by atoms with Gasteiger partial charge < -0.3 is 11.5 Å². The first-order valence-electron chi connectivity index (χ1n) is 5.90. The predicted molar refractivity (Wildman–Crippen MR) is 73.1 cm³/mol. The van der Waals surface area contributed by atoms with Gasteiger partial charge >= 0.3 is 0 Å². The number of nitrogen functional groups attached to an aromatic ring is 2. The Morgan fingerprint density at radius 1 is 1.11 bits per heavy atom. The molecule has 0 aromatic carbocycles. The third kappa shape index (κ3) is 1.75. The molecule has 0 bridgehead atoms. The van der Waals surface area contributed by atoms with Crippen LogP contribution in [0.2, 0.25) is 0 Å². The number of fused-ring (bicyclic) bond motifs is 1. The molecule has 0 aliphatic rings. The summed E-state index contributed by atoms with van der Waals surface area (Å²) in [6.45, 7) is 1.97. The number of H-pyrrole nitrogens is 1. The standard InChI is InChI=1S/C12H13N7/c1-2-8-11(13)19-9-7(6-3-16-17-4-6)5-15-12(14)10(9)18-8/h3-5H,2H2,1H3,(H2,13,19)(H2,14,15)(H,16,17). The van der Waals surface area contributed by atoms with Crippen molar-refractivity contribution in [3.63, 3.8) is 0 Å². The topological polar surface area (TPSA) is 119 Å². The van der Waals surface area contributed by atoms with E-state index in [0.717, 1.165) is 16.8 Å². The van der Waals surface area contributed by atoms with Gasteiger partial charge in [-0.15, -0.1) is 0 Å². The van der Waals surface area contributed by atoms with Crippen LogP contribution in [0.3, 0.4) is 0 Å². The molecular weight excluding hydrogens is 242 g/mol. The van der Waals surface area contributed by atoms with E-state index in [4.69, 9.17) is 11.5 Å². The van der Waals surface area contributed by atoms with E-state index in [9.17, 15) is 0 Å². The van der Waals surface area contributed by atoms with Gasteiger partial charge in [-0.3, -0.25) is 5.10 Å². The van der Waals surface area contributed by atoms with Crippen molar-refractivity contribution in [2.24, 2.45) is 0 Å². The Balaban J connectivity index is 2.37. The van der Waals surface area contributed by atoms with Crippen molar-refractivity contribution in [2.75, 3.05) is 11.5 Å². The summed E-state index contributed by atoms with van der Waals surface area (Å²) in [5.41, 5.74) is 15.4. The first kappa shape index (κ1) is 11.4. The van der Waals surface area contributed by atoms with Crippen molar-refractivity contribution >= 4 is 22.7 Å². The number of hydrogen-bond acceptors (Lipinski definition) is 6. The zero-order valence-corrected chi connectivity index (χ0v) is 10.4. The Morgan fingerprint density at radius 3 is 2.63 bits per heavy atom. The van der Waals surface area contributed by atoms with Gasteiger partial charge in [-0.2, -0.15) is 5.10 Å². The first-order chi connectivity index (χ1) is 9.20. The summed E-state index contributed by atoms with van der Waals surface area (Å²) < 4.78 is 0. The van der Waals surface area contributed by atoms with Crippen LogP contribution in [0.15, 0.2) is 18.6 Å². The third-order valence-electron chi connectivity index (χ3n) is 2.97. The Kier molecular flexibility index (Phi) is 2.52. The molecule has 0 atom stereocenters. The predicted octanol–water partition coefficient (Wildman–Crippen LogP) is 1.14. The molecule has 3 rings (SSSR count). The van der Waals surface area contributed by atoms with Gasteiger partial charge in [-0.05, 0) is 6.42 Å². The molecule has 19 heavy (non-hydrogen) atoms. The third-order valence-corrected chi connectivity index (χ3v) is 2.97. The second-order valence-corrected chi connectivity index (χ2v) is 4.15. The zero-order valence-electron chi connectivity index (χ0n) is 10.4. The number of rotatable bonds is 2. The van der Waals surface area contributed by atoms with Crippen LogP contribution < -0.4 is 11.5 Å². The number of nitrogens with two attached hydrogens (primary N) is 2. The number of hydrogen-bond donors (Lipinski definition) is 3. The monoisotopic (exact) mass is 255 g/mol. The molecule has 3 aromatic heterocycles. The summed E-state index contributed by atoms with van der Waals surface area (Å²) in [5.74, 6) is 0.773. The summed E-state index contributed by atoms with van der Waals surface area (Å²) in [6, 6.07) is 0. The molecule has 0 aliphatic heterocycles. The van der Waals surface area contributed by atoms with Crippen LogP contribution in [0, 0.1) is 0 Å². The van der Waals surface area contributed by atoms with E-state index >= 15 is 0 Å². The normalized spacial score (nSPS) is 11.0. The second-order valence-electron chi connectivity index (χ2n) is 4.15. The molecule has 96 valence electrons. The maximum Gasteiger partial charge on any atom is 0.151 e. The quantitative estimate of drug-likeness (QED) is 0.631. The van der Waals surface area contributed by atoms with Crippen LogP contribution in [-0.2, 0) is 6.42 Å². The van der Waals surface area contributed by atoms with Crippen LogP contribution in [0.1, 0.15) is 12.6 Å². The molecule has 7 heteroatoms. The number of anilines is 2. The molecule has 7 nitrogen and oxygen atoms in total.